The Hall–Kier alpha value is -2.89. The largest absolute Gasteiger partial charge is 0.497 e. The molecule has 0 aromatic heterocycles. The number of esters is 1. The fourth-order valence-corrected chi connectivity index (χ4v) is 3.06. The molecule has 0 N–H and O–H groups in total. The number of benzene rings is 2. The van der Waals surface area contributed by atoms with Crippen LogP contribution in [0.3, 0.4) is 0 Å². The Morgan fingerprint density at radius 2 is 1.60 bits per heavy atom. The predicted octanol–water partition coefficient (Wildman–Crippen LogP) is 3.16. The lowest BCUT2D eigenvalue weighted by Gasteiger charge is -2.26. The van der Waals surface area contributed by atoms with Gasteiger partial charge in [-0.25, -0.2) is 0 Å². The van der Waals surface area contributed by atoms with Crippen molar-refractivity contribution in [2.24, 2.45) is 0 Å². The quantitative estimate of drug-likeness (QED) is 0.613. The van der Waals surface area contributed by atoms with Gasteiger partial charge in [-0.1, -0.05) is 6.07 Å². The van der Waals surface area contributed by atoms with Gasteiger partial charge in [0.1, 0.15) is 11.5 Å². The van der Waals surface area contributed by atoms with E-state index in [1.165, 1.54) is 0 Å². The Morgan fingerprint density at radius 1 is 0.920 bits per heavy atom. The summed E-state index contributed by atoms with van der Waals surface area (Å²) in [7, 11) is 6.26. The molecule has 25 heavy (non-hydrogen) atoms. The molecule has 1 aliphatic rings. The maximum atomic E-state index is 12.1. The maximum absolute atomic E-state index is 12.1. The van der Waals surface area contributed by atoms with Crippen molar-refractivity contribution in [2.45, 2.75) is 12.3 Å². The predicted molar refractivity (Wildman–Crippen MR) is 91.2 cm³/mol. The number of carbonyl (C=O) groups excluding carboxylic acids is 1. The molecule has 2 aromatic carbocycles. The Bertz CT molecular complexity index is 773. The van der Waals surface area contributed by atoms with Crippen molar-refractivity contribution in [3.63, 3.8) is 0 Å². The molecule has 1 atom stereocenters. The topological polar surface area (TPSA) is 63.2 Å². The number of hydrogen-bond donors (Lipinski definition) is 0. The van der Waals surface area contributed by atoms with Gasteiger partial charge in [0, 0.05) is 17.5 Å². The van der Waals surface area contributed by atoms with E-state index in [1.54, 1.807) is 34.5 Å². The molecule has 0 fully saturated rings. The van der Waals surface area contributed by atoms with E-state index in [9.17, 15) is 4.79 Å². The van der Waals surface area contributed by atoms with Crippen molar-refractivity contribution >= 4 is 5.97 Å². The first kappa shape index (κ1) is 17.0. The van der Waals surface area contributed by atoms with Crippen LogP contribution in [-0.4, -0.2) is 34.4 Å². The van der Waals surface area contributed by atoms with Gasteiger partial charge in [-0.15, -0.1) is 0 Å². The van der Waals surface area contributed by atoms with Crippen LogP contribution in [0.4, 0.5) is 0 Å². The van der Waals surface area contributed by atoms with Crippen molar-refractivity contribution in [3.05, 3.63) is 41.5 Å². The van der Waals surface area contributed by atoms with E-state index in [0.29, 0.717) is 28.7 Å². The molecule has 132 valence electrons. The minimum Gasteiger partial charge on any atom is -0.497 e. The molecule has 0 saturated heterocycles. The highest BCUT2D eigenvalue weighted by Gasteiger charge is 2.30. The lowest BCUT2D eigenvalue weighted by Crippen LogP contribution is -2.21. The van der Waals surface area contributed by atoms with E-state index in [-0.39, 0.29) is 18.3 Å². The number of methoxy groups -OCH3 is 4. The highest BCUT2D eigenvalue weighted by Crippen LogP contribution is 2.45. The summed E-state index contributed by atoms with van der Waals surface area (Å²) in [5.74, 6) is 2.29. The molecule has 6 nitrogen and oxygen atoms in total. The van der Waals surface area contributed by atoms with Gasteiger partial charge in [0.25, 0.3) is 0 Å². The number of ether oxygens (including phenoxy) is 5. The third kappa shape index (κ3) is 3.07. The fourth-order valence-electron chi connectivity index (χ4n) is 3.06. The minimum absolute atomic E-state index is 0.170. The molecule has 0 saturated carbocycles. The van der Waals surface area contributed by atoms with Crippen LogP contribution in [0.1, 0.15) is 23.5 Å². The van der Waals surface area contributed by atoms with E-state index >= 15 is 0 Å². The lowest BCUT2D eigenvalue weighted by molar-refractivity contribution is -0.135. The molecule has 2 aromatic rings. The zero-order valence-electron chi connectivity index (χ0n) is 14.6. The van der Waals surface area contributed by atoms with E-state index < -0.39 is 0 Å². The molecule has 1 heterocycles. The Labute approximate surface area is 146 Å². The van der Waals surface area contributed by atoms with Gasteiger partial charge in [-0.2, -0.15) is 0 Å². The summed E-state index contributed by atoms with van der Waals surface area (Å²) in [6, 6.07) is 9.20. The Morgan fingerprint density at radius 3 is 2.16 bits per heavy atom. The second-order valence-corrected chi connectivity index (χ2v) is 5.59. The van der Waals surface area contributed by atoms with Crippen molar-refractivity contribution in [3.8, 4) is 28.7 Å². The first-order valence-corrected chi connectivity index (χ1v) is 7.79. The van der Waals surface area contributed by atoms with Crippen LogP contribution in [0.2, 0.25) is 0 Å². The van der Waals surface area contributed by atoms with Crippen LogP contribution < -0.4 is 23.7 Å². The maximum Gasteiger partial charge on any atom is 0.312 e. The van der Waals surface area contributed by atoms with Crippen LogP contribution in [0, 0.1) is 0 Å². The summed E-state index contributed by atoms with van der Waals surface area (Å²) in [6.07, 6.45) is 0.234. The van der Waals surface area contributed by atoms with Crippen LogP contribution >= 0.6 is 0 Å². The zero-order chi connectivity index (χ0) is 18.0. The highest BCUT2D eigenvalue weighted by molar-refractivity contribution is 5.78. The van der Waals surface area contributed by atoms with Crippen molar-refractivity contribution in [1.29, 1.82) is 0 Å². The number of fused-ring (bicyclic) bond motifs is 1. The highest BCUT2D eigenvalue weighted by atomic mass is 16.5. The van der Waals surface area contributed by atoms with Crippen LogP contribution in [0.5, 0.6) is 28.7 Å². The van der Waals surface area contributed by atoms with Crippen molar-refractivity contribution in [1.82, 2.24) is 0 Å². The van der Waals surface area contributed by atoms with Gasteiger partial charge in [0.05, 0.1) is 34.9 Å². The third-order valence-electron chi connectivity index (χ3n) is 4.28. The first-order valence-electron chi connectivity index (χ1n) is 7.79. The van der Waals surface area contributed by atoms with Gasteiger partial charge < -0.3 is 23.7 Å². The van der Waals surface area contributed by atoms with E-state index in [4.69, 9.17) is 23.7 Å². The average Bonchev–Trinajstić information content (AvgIpc) is 2.65. The molecule has 0 bridgehead atoms. The smallest absolute Gasteiger partial charge is 0.312 e. The van der Waals surface area contributed by atoms with E-state index in [0.717, 1.165) is 11.1 Å². The molecule has 0 amide bonds. The van der Waals surface area contributed by atoms with Gasteiger partial charge in [0.2, 0.25) is 5.75 Å². The summed E-state index contributed by atoms with van der Waals surface area (Å²) in [5.41, 5.74) is 1.80. The van der Waals surface area contributed by atoms with Gasteiger partial charge >= 0.3 is 5.97 Å². The van der Waals surface area contributed by atoms with Gasteiger partial charge in [-0.05, 0) is 23.8 Å². The standard InChI is InChI=1S/C19H20O6/c1-21-12-5-6-13-14(10-18(20)25-15(13)9-12)11-7-16(22-2)19(24-4)17(8-11)23-3/h5-9,14H,10H2,1-4H3/t14-/m0/s1. The van der Waals surface area contributed by atoms with Crippen molar-refractivity contribution < 1.29 is 28.5 Å². The monoisotopic (exact) mass is 344 g/mol. The number of hydrogen-bond acceptors (Lipinski definition) is 6. The van der Waals surface area contributed by atoms with Gasteiger partial charge in [0.15, 0.2) is 11.5 Å². The Kier molecular flexibility index (Phi) is 4.70. The number of carbonyl (C=O) groups is 1. The molecular weight excluding hydrogens is 324 g/mol. The summed E-state index contributed by atoms with van der Waals surface area (Å²) >= 11 is 0. The normalized spacial score (nSPS) is 15.8. The number of rotatable bonds is 5. The molecule has 0 unspecified atom stereocenters. The lowest BCUT2D eigenvalue weighted by atomic mass is 9.86. The molecule has 0 aliphatic carbocycles. The minimum atomic E-state index is -0.292. The summed E-state index contributed by atoms with van der Waals surface area (Å²) in [4.78, 5) is 12.1. The third-order valence-corrected chi connectivity index (χ3v) is 4.28. The fraction of sp³-hybridized carbons (Fsp3) is 0.316. The molecule has 0 radical (unpaired) electrons. The van der Waals surface area contributed by atoms with Crippen LogP contribution in [0.15, 0.2) is 30.3 Å². The SMILES string of the molecule is COc1ccc2c(c1)OC(=O)C[C@H]2c1cc(OC)c(OC)c(OC)c1. The van der Waals surface area contributed by atoms with E-state index in [2.05, 4.69) is 0 Å². The van der Waals surface area contributed by atoms with Crippen LogP contribution in [0.25, 0.3) is 0 Å². The molecule has 6 heteroatoms. The average molecular weight is 344 g/mol. The molecular formula is C19H20O6. The van der Waals surface area contributed by atoms with Crippen molar-refractivity contribution in [2.75, 3.05) is 28.4 Å². The molecule has 3 rings (SSSR count). The summed E-state index contributed by atoms with van der Waals surface area (Å²) in [6.45, 7) is 0. The molecule has 0 spiro atoms. The second kappa shape index (κ2) is 6.93. The second-order valence-electron chi connectivity index (χ2n) is 5.59. The van der Waals surface area contributed by atoms with Gasteiger partial charge in [-0.3, -0.25) is 4.79 Å². The van der Waals surface area contributed by atoms with E-state index in [1.807, 2.05) is 24.3 Å². The molecule has 1 aliphatic heterocycles. The van der Waals surface area contributed by atoms with Crippen LogP contribution in [-0.2, 0) is 4.79 Å². The first-order chi connectivity index (χ1) is 12.1. The summed E-state index contributed by atoms with van der Waals surface area (Å²) in [5, 5.41) is 0. The zero-order valence-corrected chi connectivity index (χ0v) is 14.6. The Balaban J connectivity index is 2.12. The summed E-state index contributed by atoms with van der Waals surface area (Å²) < 4.78 is 26.8.